The lowest BCUT2D eigenvalue weighted by Crippen LogP contribution is -2.56. The van der Waals surface area contributed by atoms with Crippen molar-refractivity contribution in [3.63, 3.8) is 0 Å². The van der Waals surface area contributed by atoms with Crippen LogP contribution in [0.15, 0.2) is 0 Å². The number of rotatable bonds is 0. The van der Waals surface area contributed by atoms with E-state index in [2.05, 4.69) is 4.74 Å². The van der Waals surface area contributed by atoms with Crippen LogP contribution < -0.4 is 0 Å². The summed E-state index contributed by atoms with van der Waals surface area (Å²) in [6.07, 6.45) is -5.99. The van der Waals surface area contributed by atoms with E-state index >= 15 is 0 Å². The predicted octanol–water partition coefficient (Wildman–Crippen LogP) is -2.19. The van der Waals surface area contributed by atoms with Crippen LogP contribution >= 0.6 is 0 Å². The monoisotopic (exact) mass is 164 g/mol. The van der Waals surface area contributed by atoms with Crippen molar-refractivity contribution in [2.24, 2.45) is 0 Å². The minimum atomic E-state index is -1.43. The molecule has 0 aromatic heterocycles. The van der Waals surface area contributed by atoms with E-state index in [0.717, 1.165) is 0 Å². The maximum absolute atomic E-state index is 9.09. The summed E-state index contributed by atoms with van der Waals surface area (Å²) in [6, 6.07) is 0. The third-order valence-corrected chi connectivity index (χ3v) is 1.83. The SMILES string of the molecule is C[C@@H]1O[C@H](O)[C@H](O)[C@@H](O)[C@H]1O. The fourth-order valence-electron chi connectivity index (χ4n) is 1.03. The summed E-state index contributed by atoms with van der Waals surface area (Å²) in [7, 11) is 0. The third-order valence-electron chi connectivity index (χ3n) is 1.83. The molecule has 0 amide bonds. The molecule has 1 aliphatic rings. The second-order valence-electron chi connectivity index (χ2n) is 2.70. The van der Waals surface area contributed by atoms with Crippen molar-refractivity contribution in [1.29, 1.82) is 0 Å². The Morgan fingerprint density at radius 3 is 2.00 bits per heavy atom. The Kier molecular flexibility index (Phi) is 2.46. The number of hydrogen-bond donors (Lipinski definition) is 4. The van der Waals surface area contributed by atoms with Crippen molar-refractivity contribution in [1.82, 2.24) is 0 Å². The van der Waals surface area contributed by atoms with Crippen LogP contribution in [0.4, 0.5) is 0 Å². The van der Waals surface area contributed by atoms with Gasteiger partial charge in [-0.2, -0.15) is 0 Å². The number of aliphatic hydroxyl groups is 4. The minimum Gasteiger partial charge on any atom is -0.388 e. The molecule has 11 heavy (non-hydrogen) atoms. The van der Waals surface area contributed by atoms with Crippen LogP contribution in [0, 0.1) is 0 Å². The van der Waals surface area contributed by atoms with Gasteiger partial charge >= 0.3 is 0 Å². The van der Waals surface area contributed by atoms with Crippen molar-refractivity contribution in [2.45, 2.75) is 37.6 Å². The maximum Gasteiger partial charge on any atom is 0.183 e. The number of aliphatic hydroxyl groups excluding tert-OH is 4. The highest BCUT2D eigenvalue weighted by atomic mass is 16.6. The highest BCUT2D eigenvalue weighted by molar-refractivity contribution is 4.86. The summed E-state index contributed by atoms with van der Waals surface area (Å²) in [5, 5.41) is 36.0. The van der Waals surface area contributed by atoms with Gasteiger partial charge in [0.15, 0.2) is 6.29 Å². The smallest absolute Gasteiger partial charge is 0.183 e. The van der Waals surface area contributed by atoms with Crippen LogP contribution in [-0.2, 0) is 4.74 Å². The molecular weight excluding hydrogens is 152 g/mol. The molecule has 0 aromatic carbocycles. The molecule has 1 aliphatic heterocycles. The molecule has 5 heteroatoms. The molecule has 1 fully saturated rings. The fraction of sp³-hybridized carbons (Fsp3) is 1.00. The van der Waals surface area contributed by atoms with Crippen molar-refractivity contribution in [3.05, 3.63) is 0 Å². The van der Waals surface area contributed by atoms with Gasteiger partial charge in [-0.05, 0) is 6.92 Å². The fourth-order valence-corrected chi connectivity index (χ4v) is 1.03. The predicted molar refractivity (Wildman–Crippen MR) is 34.6 cm³/mol. The molecule has 66 valence electrons. The summed E-state index contributed by atoms with van der Waals surface area (Å²) >= 11 is 0. The lowest BCUT2D eigenvalue weighted by molar-refractivity contribution is -0.277. The van der Waals surface area contributed by atoms with Crippen molar-refractivity contribution < 1.29 is 25.2 Å². The standard InChI is InChI=1S/C6H12O5/c1-2-3(7)4(8)5(9)6(10)11-2/h2-10H,1H3/t2-,3-,4-,5+,6-/m0/s1. The molecule has 5 nitrogen and oxygen atoms in total. The first-order chi connectivity index (χ1) is 5.04. The summed E-state index contributed by atoms with van der Waals surface area (Å²) in [5.74, 6) is 0. The van der Waals surface area contributed by atoms with Gasteiger partial charge in [-0.1, -0.05) is 0 Å². The Bertz CT molecular complexity index is 125. The van der Waals surface area contributed by atoms with Gasteiger partial charge in [0.25, 0.3) is 0 Å². The first-order valence-electron chi connectivity index (χ1n) is 3.41. The van der Waals surface area contributed by atoms with Gasteiger partial charge in [0.1, 0.15) is 18.3 Å². The topological polar surface area (TPSA) is 90.2 Å². The molecule has 0 spiro atoms. The van der Waals surface area contributed by atoms with Gasteiger partial charge in [0, 0.05) is 0 Å². The highest BCUT2D eigenvalue weighted by Crippen LogP contribution is 2.18. The number of ether oxygens (including phenoxy) is 1. The molecule has 1 heterocycles. The Morgan fingerprint density at radius 1 is 0.909 bits per heavy atom. The molecule has 0 saturated carbocycles. The lowest BCUT2D eigenvalue weighted by Gasteiger charge is -2.36. The lowest BCUT2D eigenvalue weighted by atomic mass is 10.0. The molecule has 5 atom stereocenters. The van der Waals surface area contributed by atoms with Gasteiger partial charge in [0.2, 0.25) is 0 Å². The summed E-state index contributed by atoms with van der Waals surface area (Å²) < 4.78 is 4.68. The van der Waals surface area contributed by atoms with Gasteiger partial charge in [0.05, 0.1) is 6.10 Å². The zero-order valence-electron chi connectivity index (χ0n) is 6.08. The molecular formula is C6H12O5. The molecule has 0 aliphatic carbocycles. The first kappa shape index (κ1) is 8.89. The zero-order chi connectivity index (χ0) is 8.59. The van der Waals surface area contributed by atoms with E-state index in [9.17, 15) is 0 Å². The average Bonchev–Trinajstić information content (AvgIpc) is 1.97. The Morgan fingerprint density at radius 2 is 1.45 bits per heavy atom. The summed E-state index contributed by atoms with van der Waals surface area (Å²) in [5.41, 5.74) is 0. The van der Waals surface area contributed by atoms with Gasteiger partial charge < -0.3 is 25.2 Å². The van der Waals surface area contributed by atoms with Gasteiger partial charge in [-0.25, -0.2) is 0 Å². The quantitative estimate of drug-likeness (QED) is 0.326. The summed E-state index contributed by atoms with van der Waals surface area (Å²) in [6.45, 7) is 1.50. The van der Waals surface area contributed by atoms with Gasteiger partial charge in [-0.15, -0.1) is 0 Å². The summed E-state index contributed by atoms with van der Waals surface area (Å²) in [4.78, 5) is 0. The number of hydrogen-bond acceptors (Lipinski definition) is 5. The van der Waals surface area contributed by atoms with E-state index in [1.54, 1.807) is 0 Å². The normalized spacial score (nSPS) is 52.6. The molecule has 0 unspecified atom stereocenters. The van der Waals surface area contributed by atoms with E-state index in [0.29, 0.717) is 0 Å². The minimum absolute atomic E-state index is 0.664. The first-order valence-corrected chi connectivity index (χ1v) is 3.41. The van der Waals surface area contributed by atoms with Crippen LogP contribution in [0.25, 0.3) is 0 Å². The van der Waals surface area contributed by atoms with Crippen molar-refractivity contribution in [3.8, 4) is 0 Å². The van der Waals surface area contributed by atoms with E-state index < -0.39 is 30.7 Å². The maximum atomic E-state index is 9.09. The van der Waals surface area contributed by atoms with Crippen LogP contribution in [0.3, 0.4) is 0 Å². The second kappa shape index (κ2) is 3.04. The average molecular weight is 164 g/mol. The van der Waals surface area contributed by atoms with Crippen molar-refractivity contribution >= 4 is 0 Å². The molecule has 0 radical (unpaired) electrons. The third kappa shape index (κ3) is 1.52. The van der Waals surface area contributed by atoms with E-state index in [-0.39, 0.29) is 0 Å². The van der Waals surface area contributed by atoms with E-state index in [1.165, 1.54) is 6.92 Å². The van der Waals surface area contributed by atoms with E-state index in [4.69, 9.17) is 20.4 Å². The second-order valence-corrected chi connectivity index (χ2v) is 2.70. The highest BCUT2D eigenvalue weighted by Gasteiger charge is 2.40. The van der Waals surface area contributed by atoms with Crippen LogP contribution in [0.2, 0.25) is 0 Å². The molecule has 0 bridgehead atoms. The van der Waals surface area contributed by atoms with Crippen LogP contribution in [0.5, 0.6) is 0 Å². The molecule has 1 rings (SSSR count). The van der Waals surface area contributed by atoms with Crippen molar-refractivity contribution in [2.75, 3.05) is 0 Å². The van der Waals surface area contributed by atoms with Crippen LogP contribution in [-0.4, -0.2) is 51.1 Å². The molecule has 4 N–H and O–H groups in total. The zero-order valence-corrected chi connectivity index (χ0v) is 6.08. The van der Waals surface area contributed by atoms with Gasteiger partial charge in [-0.3, -0.25) is 0 Å². The molecule has 1 saturated heterocycles. The largest absolute Gasteiger partial charge is 0.388 e. The Balaban J connectivity index is 2.63. The Labute approximate surface area is 63.8 Å². The molecule has 0 aromatic rings. The van der Waals surface area contributed by atoms with Crippen LogP contribution in [0.1, 0.15) is 6.92 Å². The van der Waals surface area contributed by atoms with E-state index in [1.807, 2.05) is 0 Å². The Hall–Kier alpha value is -0.200.